The van der Waals surface area contributed by atoms with Crippen molar-refractivity contribution in [3.63, 3.8) is 0 Å². The molecule has 29 heavy (non-hydrogen) atoms. The van der Waals surface area contributed by atoms with E-state index in [1.807, 2.05) is 0 Å². The van der Waals surface area contributed by atoms with Crippen molar-refractivity contribution in [2.75, 3.05) is 0 Å². The van der Waals surface area contributed by atoms with Crippen LogP contribution in [0.25, 0.3) is 0 Å². The third-order valence-electron chi connectivity index (χ3n) is 4.40. The van der Waals surface area contributed by atoms with E-state index in [-0.39, 0.29) is 31.8 Å². The first-order valence-corrected chi connectivity index (χ1v) is 10.9. The standard InChI is InChI=1S/C19H12Cl4O5S/c20-11-6-7-12(13(21)8-11)19(29(26,27)28,10-4-2-1-3-5-10)16-14(22)9-15(24)18(25)17(16)23/h1-9,24-25H,(H,26,27,28). The molecule has 5 nitrogen and oxygen atoms in total. The molecule has 0 spiro atoms. The van der Waals surface area contributed by atoms with E-state index >= 15 is 0 Å². The molecule has 0 bridgehead atoms. The zero-order valence-electron chi connectivity index (χ0n) is 14.3. The summed E-state index contributed by atoms with van der Waals surface area (Å²) in [6.45, 7) is 0. The molecule has 1 atom stereocenters. The van der Waals surface area contributed by atoms with E-state index in [4.69, 9.17) is 46.4 Å². The largest absolute Gasteiger partial charge is 0.504 e. The highest BCUT2D eigenvalue weighted by molar-refractivity contribution is 7.87. The molecule has 3 N–H and O–H groups in total. The topological polar surface area (TPSA) is 94.8 Å². The van der Waals surface area contributed by atoms with Crippen LogP contribution in [-0.2, 0) is 14.9 Å². The molecule has 0 heterocycles. The maximum Gasteiger partial charge on any atom is 0.283 e. The van der Waals surface area contributed by atoms with Crippen molar-refractivity contribution in [1.29, 1.82) is 0 Å². The molecule has 3 aromatic rings. The summed E-state index contributed by atoms with van der Waals surface area (Å²) in [6.07, 6.45) is 0. The average Bonchev–Trinajstić information content (AvgIpc) is 2.64. The van der Waals surface area contributed by atoms with Gasteiger partial charge in [-0.1, -0.05) is 82.8 Å². The molecule has 0 saturated heterocycles. The lowest BCUT2D eigenvalue weighted by molar-refractivity contribution is 0.402. The quantitative estimate of drug-likeness (QED) is 0.239. The average molecular weight is 494 g/mol. The molecule has 152 valence electrons. The highest BCUT2D eigenvalue weighted by atomic mass is 35.5. The van der Waals surface area contributed by atoms with Crippen molar-refractivity contribution in [2.45, 2.75) is 4.75 Å². The van der Waals surface area contributed by atoms with Crippen LogP contribution in [0.3, 0.4) is 0 Å². The molecular weight excluding hydrogens is 482 g/mol. The second-order valence-corrected chi connectivity index (χ2v) is 9.25. The number of rotatable bonds is 4. The first kappa shape index (κ1) is 22.0. The Bertz CT molecular complexity index is 1200. The Labute approximate surface area is 186 Å². The summed E-state index contributed by atoms with van der Waals surface area (Å²) in [5.41, 5.74) is -0.444. The van der Waals surface area contributed by atoms with Crippen molar-refractivity contribution in [3.8, 4) is 11.5 Å². The minimum atomic E-state index is -5.08. The normalized spacial score (nSPS) is 13.8. The van der Waals surface area contributed by atoms with Gasteiger partial charge in [0, 0.05) is 27.2 Å². The molecule has 0 amide bonds. The molecule has 0 radical (unpaired) electrons. The predicted molar refractivity (Wildman–Crippen MR) is 114 cm³/mol. The number of halogens is 4. The number of phenolic OH excluding ortho intramolecular Hbond substituents is 2. The van der Waals surface area contributed by atoms with Gasteiger partial charge in [0.05, 0.1) is 10.0 Å². The fourth-order valence-corrected chi connectivity index (χ4v) is 6.02. The zero-order chi connectivity index (χ0) is 21.6. The number of hydrogen-bond donors (Lipinski definition) is 3. The third kappa shape index (κ3) is 3.54. The molecule has 3 aromatic carbocycles. The highest BCUT2D eigenvalue weighted by Crippen LogP contribution is 2.54. The van der Waals surface area contributed by atoms with Gasteiger partial charge in [-0.3, -0.25) is 4.55 Å². The van der Waals surface area contributed by atoms with Crippen molar-refractivity contribution >= 4 is 56.5 Å². The van der Waals surface area contributed by atoms with Crippen LogP contribution >= 0.6 is 46.4 Å². The van der Waals surface area contributed by atoms with Gasteiger partial charge in [-0.15, -0.1) is 0 Å². The monoisotopic (exact) mass is 492 g/mol. The highest BCUT2D eigenvalue weighted by Gasteiger charge is 2.52. The summed E-state index contributed by atoms with van der Waals surface area (Å²) in [5.74, 6) is -1.47. The Hall–Kier alpha value is -1.67. The fraction of sp³-hybridized carbons (Fsp3) is 0.0526. The molecule has 0 fully saturated rings. The lowest BCUT2D eigenvalue weighted by Gasteiger charge is -2.34. The first-order valence-electron chi connectivity index (χ1n) is 7.90. The summed E-state index contributed by atoms with van der Waals surface area (Å²) in [4.78, 5) is 0. The minimum absolute atomic E-state index is 0.0422. The van der Waals surface area contributed by atoms with Crippen molar-refractivity contribution in [3.05, 3.63) is 91.4 Å². The van der Waals surface area contributed by atoms with Crippen LogP contribution in [0, 0.1) is 0 Å². The Balaban J connectivity index is 2.65. The van der Waals surface area contributed by atoms with E-state index in [0.717, 1.165) is 6.07 Å². The van der Waals surface area contributed by atoms with Crippen molar-refractivity contribution < 1.29 is 23.2 Å². The molecule has 0 aromatic heterocycles. The van der Waals surface area contributed by atoms with Gasteiger partial charge in [0.1, 0.15) is 0 Å². The number of aromatic hydroxyl groups is 2. The van der Waals surface area contributed by atoms with Gasteiger partial charge in [-0.05, 0) is 17.7 Å². The SMILES string of the molecule is O=S(=O)(O)C(c1ccccc1)(c1ccc(Cl)cc1Cl)c1c(Cl)cc(O)c(O)c1Cl. The predicted octanol–water partition coefficient (Wildman–Crippen LogP) is 5.89. The summed E-state index contributed by atoms with van der Waals surface area (Å²) < 4.78 is 34.1. The van der Waals surface area contributed by atoms with Gasteiger partial charge in [0.2, 0.25) is 0 Å². The molecular formula is C19H12Cl4O5S. The van der Waals surface area contributed by atoms with Crippen LogP contribution in [0.5, 0.6) is 11.5 Å². The van der Waals surface area contributed by atoms with E-state index < -0.39 is 31.4 Å². The van der Waals surface area contributed by atoms with Crippen LogP contribution in [-0.4, -0.2) is 23.2 Å². The molecule has 0 aliphatic heterocycles. The Kier molecular flexibility index (Phi) is 5.98. The smallest absolute Gasteiger partial charge is 0.283 e. The van der Waals surface area contributed by atoms with Gasteiger partial charge in [0.25, 0.3) is 10.1 Å². The maximum absolute atomic E-state index is 13.0. The summed E-state index contributed by atoms with van der Waals surface area (Å²) in [5, 5.41) is 19.2. The number of benzene rings is 3. The second-order valence-electron chi connectivity index (χ2n) is 6.06. The summed E-state index contributed by atoms with van der Waals surface area (Å²) in [6, 6.07) is 12.5. The molecule has 1 unspecified atom stereocenters. The second kappa shape index (κ2) is 7.87. The van der Waals surface area contributed by atoms with Gasteiger partial charge >= 0.3 is 0 Å². The van der Waals surface area contributed by atoms with E-state index in [2.05, 4.69) is 0 Å². The van der Waals surface area contributed by atoms with Crippen LogP contribution < -0.4 is 0 Å². The number of phenols is 2. The van der Waals surface area contributed by atoms with Crippen molar-refractivity contribution in [1.82, 2.24) is 0 Å². The van der Waals surface area contributed by atoms with Crippen LogP contribution in [0.2, 0.25) is 20.1 Å². The van der Waals surface area contributed by atoms with Crippen LogP contribution in [0.4, 0.5) is 0 Å². The Morgan fingerprint density at radius 1 is 0.828 bits per heavy atom. The van der Waals surface area contributed by atoms with E-state index in [1.54, 1.807) is 18.2 Å². The van der Waals surface area contributed by atoms with Crippen LogP contribution in [0.1, 0.15) is 16.7 Å². The van der Waals surface area contributed by atoms with E-state index in [9.17, 15) is 23.2 Å². The van der Waals surface area contributed by atoms with Gasteiger partial charge in [0.15, 0.2) is 16.2 Å². The molecule has 0 aliphatic rings. The van der Waals surface area contributed by atoms with Gasteiger partial charge < -0.3 is 10.2 Å². The lowest BCUT2D eigenvalue weighted by atomic mass is 9.83. The molecule has 0 aliphatic carbocycles. The molecule has 0 saturated carbocycles. The van der Waals surface area contributed by atoms with Crippen molar-refractivity contribution in [2.24, 2.45) is 0 Å². The zero-order valence-corrected chi connectivity index (χ0v) is 18.1. The molecule has 3 rings (SSSR count). The summed E-state index contributed by atoms with van der Waals surface area (Å²) in [7, 11) is -5.08. The van der Waals surface area contributed by atoms with Crippen LogP contribution in [0.15, 0.2) is 54.6 Å². The van der Waals surface area contributed by atoms with E-state index in [0.29, 0.717) is 0 Å². The fourth-order valence-electron chi connectivity index (χ4n) is 3.22. The molecule has 10 heteroatoms. The van der Waals surface area contributed by atoms with Gasteiger partial charge in [-0.2, -0.15) is 8.42 Å². The minimum Gasteiger partial charge on any atom is -0.504 e. The van der Waals surface area contributed by atoms with E-state index in [1.165, 1.54) is 30.3 Å². The number of hydrogen-bond acceptors (Lipinski definition) is 4. The first-order chi connectivity index (χ1) is 13.5. The lowest BCUT2D eigenvalue weighted by Crippen LogP contribution is -2.39. The Morgan fingerprint density at radius 2 is 1.45 bits per heavy atom. The third-order valence-corrected chi connectivity index (χ3v) is 7.05. The maximum atomic E-state index is 13.0. The summed E-state index contributed by atoms with van der Waals surface area (Å²) >= 11 is 24.8. The Morgan fingerprint density at radius 3 is 2.00 bits per heavy atom. The van der Waals surface area contributed by atoms with Gasteiger partial charge in [-0.25, -0.2) is 0 Å².